The molecule has 7 nitrogen and oxygen atoms in total. The summed E-state index contributed by atoms with van der Waals surface area (Å²) in [7, 11) is -4.84. The van der Waals surface area contributed by atoms with E-state index in [9.17, 15) is 18.0 Å². The molecule has 0 aliphatic rings. The van der Waals surface area contributed by atoms with Crippen molar-refractivity contribution in [3.05, 3.63) is 0 Å². The molecule has 0 rings (SSSR count). The fraction of sp³-hybridized carbons (Fsp3) is 0.500. The van der Waals surface area contributed by atoms with Gasteiger partial charge in [0.05, 0.1) is 6.42 Å². The summed E-state index contributed by atoms with van der Waals surface area (Å²) < 4.78 is 28.7. The zero-order valence-electron chi connectivity index (χ0n) is 8.37. The summed E-state index contributed by atoms with van der Waals surface area (Å²) in [6.07, 6.45) is -1.16. The Morgan fingerprint density at radius 3 is 1.77 bits per heavy atom. The van der Waals surface area contributed by atoms with E-state index in [1.54, 1.807) is 0 Å². The van der Waals surface area contributed by atoms with Crippen molar-refractivity contribution in [1.29, 1.82) is 0 Å². The minimum Gasteiger partial charge on any atom is -1.00 e. The van der Waals surface area contributed by atoms with E-state index in [0.717, 1.165) is 0 Å². The van der Waals surface area contributed by atoms with Crippen LogP contribution in [0.3, 0.4) is 0 Å². The van der Waals surface area contributed by atoms with Gasteiger partial charge in [0.25, 0.3) is 10.1 Å². The summed E-state index contributed by atoms with van der Waals surface area (Å²) in [5.74, 6) is -3.50. The summed E-state index contributed by atoms with van der Waals surface area (Å²) in [6, 6.07) is 0. The van der Waals surface area contributed by atoms with E-state index in [1.165, 1.54) is 0 Å². The Morgan fingerprint density at radius 2 is 1.69 bits per heavy atom. The zero-order valence-corrected chi connectivity index (χ0v) is 11.6. The first-order valence-corrected chi connectivity index (χ1v) is 4.16. The Balaban J connectivity index is -0.000000202. The molecule has 0 amide bonds. The zero-order chi connectivity index (χ0) is 9.94. The van der Waals surface area contributed by atoms with E-state index in [4.69, 9.17) is 14.8 Å². The molecule has 0 fully saturated rings. The van der Waals surface area contributed by atoms with Crippen LogP contribution in [0.25, 0.3) is 0 Å². The van der Waals surface area contributed by atoms with E-state index >= 15 is 0 Å². The van der Waals surface area contributed by atoms with Crippen LogP contribution in [-0.4, -0.2) is 89.3 Å². The molecule has 0 aromatic rings. The largest absolute Gasteiger partial charge is 2.00 e. The van der Waals surface area contributed by atoms with Gasteiger partial charge < -0.3 is 13.1 Å². The topological polar surface area (TPSA) is 129 Å². The molecule has 9 heteroatoms. The Labute approximate surface area is 117 Å². The molecule has 0 aromatic carbocycles. The smallest absolute Gasteiger partial charge is 1.00 e. The maximum atomic E-state index is 10.2. The van der Waals surface area contributed by atoms with E-state index in [-0.39, 0.29) is 51.7 Å². The molecule has 0 aliphatic heterocycles. The molecule has 0 radical (unpaired) electrons. The molecule has 1 atom stereocenters. The van der Waals surface area contributed by atoms with Crippen molar-refractivity contribution in [2.45, 2.75) is 11.7 Å². The fourth-order valence-electron chi connectivity index (χ4n) is 0.479. The van der Waals surface area contributed by atoms with Gasteiger partial charge >= 0.3 is 60.8 Å². The molecule has 74 valence electrons. The van der Waals surface area contributed by atoms with Crippen molar-refractivity contribution >= 4 is 70.9 Å². The van der Waals surface area contributed by atoms with Gasteiger partial charge in [-0.05, 0) is 0 Å². The standard InChI is InChI=1S/C4H6O7S.Ba.2H/c5-3(6)1-2(4(7)8)12(9,10)11;;;/h2H,1H2,(H,5,6)(H,7,8)(H,9,10,11);;;/q;+2;2*-1. The average molecular weight is 337 g/mol. The van der Waals surface area contributed by atoms with Gasteiger partial charge in [-0.25, -0.2) is 0 Å². The molecule has 13 heavy (non-hydrogen) atoms. The van der Waals surface area contributed by atoms with Crippen molar-refractivity contribution in [2.24, 2.45) is 0 Å². The molecule has 0 saturated heterocycles. The van der Waals surface area contributed by atoms with Crippen LogP contribution in [-0.2, 0) is 19.7 Å². The third kappa shape index (κ3) is 6.49. The normalized spacial score (nSPS) is 12.7. The molecule has 0 aromatic heterocycles. The first-order chi connectivity index (χ1) is 5.25. The van der Waals surface area contributed by atoms with Gasteiger partial charge in [0, 0.05) is 0 Å². The summed E-state index contributed by atoms with van der Waals surface area (Å²) >= 11 is 0. The van der Waals surface area contributed by atoms with Gasteiger partial charge in [0.15, 0.2) is 5.25 Å². The third-order valence-corrected chi connectivity index (χ3v) is 2.08. The van der Waals surface area contributed by atoms with Crippen molar-refractivity contribution in [3.63, 3.8) is 0 Å². The predicted molar refractivity (Wildman–Crippen MR) is 43.2 cm³/mol. The van der Waals surface area contributed by atoms with Crippen LogP contribution in [0.5, 0.6) is 0 Å². The van der Waals surface area contributed by atoms with Crippen LogP contribution in [0, 0.1) is 0 Å². The fourth-order valence-corrected chi connectivity index (χ4v) is 1.09. The quantitative estimate of drug-likeness (QED) is 0.427. The second kappa shape index (κ2) is 6.01. The number of hydrogen-bond donors (Lipinski definition) is 3. The van der Waals surface area contributed by atoms with E-state index < -0.39 is 33.7 Å². The molecular formula is C4H8BaO7S. The summed E-state index contributed by atoms with van der Waals surface area (Å²) in [6.45, 7) is 0. The number of carbonyl (C=O) groups is 2. The van der Waals surface area contributed by atoms with Crippen LogP contribution in [0.4, 0.5) is 0 Å². The number of aliphatic carboxylic acids is 2. The van der Waals surface area contributed by atoms with E-state index in [2.05, 4.69) is 0 Å². The summed E-state index contributed by atoms with van der Waals surface area (Å²) in [4.78, 5) is 20.0. The number of rotatable bonds is 4. The summed E-state index contributed by atoms with van der Waals surface area (Å²) in [5.41, 5.74) is 0. The molecule has 0 heterocycles. The first kappa shape index (κ1) is 15.9. The minimum absolute atomic E-state index is 0. The molecule has 0 saturated carbocycles. The van der Waals surface area contributed by atoms with E-state index in [1.807, 2.05) is 0 Å². The summed E-state index contributed by atoms with van der Waals surface area (Å²) in [5, 5.41) is 13.9. The van der Waals surface area contributed by atoms with Gasteiger partial charge in [-0.15, -0.1) is 0 Å². The van der Waals surface area contributed by atoms with Crippen molar-refractivity contribution < 1.29 is 35.6 Å². The number of carboxylic acid groups (broad SMARTS) is 2. The second-order valence-corrected chi connectivity index (χ2v) is 3.54. The average Bonchev–Trinajstić information content (AvgIpc) is 1.79. The number of carboxylic acids is 2. The molecule has 0 aliphatic carbocycles. The predicted octanol–water partition coefficient (Wildman–Crippen LogP) is -1.35. The Bertz CT molecular complexity index is 302. The molecular weight excluding hydrogens is 329 g/mol. The third-order valence-electron chi connectivity index (χ3n) is 0.995. The van der Waals surface area contributed by atoms with Crippen LogP contribution in [0.2, 0.25) is 0 Å². The van der Waals surface area contributed by atoms with E-state index in [0.29, 0.717) is 0 Å². The Kier molecular flexibility index (Phi) is 7.34. The van der Waals surface area contributed by atoms with Crippen LogP contribution < -0.4 is 0 Å². The molecule has 1 unspecified atom stereocenters. The van der Waals surface area contributed by atoms with Crippen LogP contribution >= 0.6 is 0 Å². The van der Waals surface area contributed by atoms with Crippen molar-refractivity contribution in [3.8, 4) is 0 Å². The van der Waals surface area contributed by atoms with Crippen molar-refractivity contribution in [1.82, 2.24) is 0 Å². The SMILES string of the molecule is O=C(O)CC(C(=O)O)S(=O)(=O)O.[Ba+2].[H-].[H-]. The van der Waals surface area contributed by atoms with Crippen LogP contribution in [0.15, 0.2) is 0 Å². The van der Waals surface area contributed by atoms with Gasteiger partial charge in [0.2, 0.25) is 0 Å². The Morgan fingerprint density at radius 1 is 1.31 bits per heavy atom. The molecule has 3 N–H and O–H groups in total. The van der Waals surface area contributed by atoms with Gasteiger partial charge in [-0.1, -0.05) is 0 Å². The molecule has 0 spiro atoms. The first-order valence-electron chi connectivity index (χ1n) is 2.66. The molecule has 0 bridgehead atoms. The maximum absolute atomic E-state index is 10.2. The Hall–Kier alpha value is 0.421. The van der Waals surface area contributed by atoms with Gasteiger partial charge in [0.1, 0.15) is 0 Å². The van der Waals surface area contributed by atoms with Gasteiger partial charge in [-0.3, -0.25) is 14.1 Å². The van der Waals surface area contributed by atoms with Gasteiger partial charge in [-0.2, -0.15) is 8.42 Å². The minimum atomic E-state index is -4.84. The second-order valence-electron chi connectivity index (χ2n) is 1.94. The van der Waals surface area contributed by atoms with Crippen molar-refractivity contribution in [2.75, 3.05) is 0 Å². The monoisotopic (exact) mass is 338 g/mol. The maximum Gasteiger partial charge on any atom is 2.00 e. The number of hydrogen-bond acceptors (Lipinski definition) is 4. The van der Waals surface area contributed by atoms with Crippen LogP contribution in [0.1, 0.15) is 9.27 Å².